The summed E-state index contributed by atoms with van der Waals surface area (Å²) >= 11 is 0. The molecule has 0 unspecified atom stereocenters. The number of para-hydroxylation sites is 1. The third kappa shape index (κ3) is 1.76. The first-order valence-electron chi connectivity index (χ1n) is 5.22. The van der Waals surface area contributed by atoms with Crippen LogP contribution in [0.5, 0.6) is 0 Å². The Hall–Kier alpha value is -1.90. The number of carboxylic acids is 1. The van der Waals surface area contributed by atoms with Crippen LogP contribution in [0.25, 0.3) is 10.9 Å². The number of carbonyl (C=O) groups is 1. The molecule has 0 bridgehead atoms. The van der Waals surface area contributed by atoms with Gasteiger partial charge in [0, 0.05) is 5.39 Å². The Morgan fingerprint density at radius 2 is 2.00 bits per heavy atom. The van der Waals surface area contributed by atoms with E-state index < -0.39 is 5.97 Å². The average Bonchev–Trinajstić information content (AvgIpc) is 2.27. The predicted octanol–water partition coefficient (Wildman–Crippen LogP) is 3.06. The minimum atomic E-state index is -0.986. The Bertz CT molecular complexity index is 547. The molecule has 0 aliphatic heterocycles. The Morgan fingerprint density at radius 1 is 1.25 bits per heavy atom. The molecule has 0 fully saturated rings. The van der Waals surface area contributed by atoms with Gasteiger partial charge in [-0.2, -0.15) is 0 Å². The van der Waals surface area contributed by atoms with Crippen LogP contribution in [-0.4, -0.2) is 16.1 Å². The number of aromatic nitrogens is 1. The molecule has 0 saturated carbocycles. The number of benzene rings is 1. The monoisotopic (exact) mass is 215 g/mol. The van der Waals surface area contributed by atoms with E-state index in [1.54, 1.807) is 6.07 Å². The highest BCUT2D eigenvalue weighted by Gasteiger charge is 2.09. The quantitative estimate of drug-likeness (QED) is 0.837. The van der Waals surface area contributed by atoms with Crippen LogP contribution in [-0.2, 0) is 0 Å². The number of pyridine rings is 1. The normalized spacial score (nSPS) is 10.9. The predicted molar refractivity (Wildman–Crippen MR) is 62.8 cm³/mol. The molecule has 2 aromatic rings. The Morgan fingerprint density at radius 3 is 2.62 bits per heavy atom. The molecule has 0 atom stereocenters. The summed E-state index contributed by atoms with van der Waals surface area (Å²) in [5, 5.41) is 9.89. The summed E-state index contributed by atoms with van der Waals surface area (Å²) in [5.41, 5.74) is 1.97. The average molecular weight is 215 g/mol. The highest BCUT2D eigenvalue weighted by atomic mass is 16.4. The van der Waals surface area contributed by atoms with Crippen LogP contribution in [0.1, 0.15) is 35.8 Å². The number of carboxylic acid groups (broad SMARTS) is 1. The number of fused-ring (bicyclic) bond motifs is 1. The zero-order chi connectivity index (χ0) is 11.7. The highest BCUT2D eigenvalue weighted by molar-refractivity contribution is 5.90. The van der Waals surface area contributed by atoms with Crippen LogP contribution in [0.3, 0.4) is 0 Å². The summed E-state index contributed by atoms with van der Waals surface area (Å²) in [5.74, 6) is -0.652. The fraction of sp³-hybridized carbons (Fsp3) is 0.231. The van der Waals surface area contributed by atoms with Gasteiger partial charge in [-0.1, -0.05) is 38.1 Å². The summed E-state index contributed by atoms with van der Waals surface area (Å²) in [6, 6.07) is 9.25. The zero-order valence-electron chi connectivity index (χ0n) is 9.27. The number of aromatic carboxylic acids is 1. The lowest BCUT2D eigenvalue weighted by Crippen LogP contribution is -2.01. The maximum absolute atomic E-state index is 10.9. The van der Waals surface area contributed by atoms with Crippen LogP contribution in [0, 0.1) is 0 Å². The van der Waals surface area contributed by atoms with Crippen molar-refractivity contribution in [2.24, 2.45) is 0 Å². The first-order valence-corrected chi connectivity index (χ1v) is 5.22. The summed E-state index contributed by atoms with van der Waals surface area (Å²) in [6.45, 7) is 4.15. The number of hydrogen-bond donors (Lipinski definition) is 1. The number of hydrogen-bond acceptors (Lipinski definition) is 2. The molecule has 16 heavy (non-hydrogen) atoms. The Labute approximate surface area is 93.7 Å². The second kappa shape index (κ2) is 3.93. The largest absolute Gasteiger partial charge is 0.477 e. The lowest BCUT2D eigenvalue weighted by atomic mass is 9.99. The van der Waals surface area contributed by atoms with E-state index in [0.717, 1.165) is 16.5 Å². The maximum Gasteiger partial charge on any atom is 0.354 e. The number of rotatable bonds is 2. The standard InChI is InChI=1S/C13H13NO2/c1-8(2)10-5-3-4-9-6-7-11(13(15)16)14-12(9)10/h3-8H,1-2H3,(H,15,16). The van der Waals surface area contributed by atoms with E-state index in [9.17, 15) is 4.79 Å². The van der Waals surface area contributed by atoms with E-state index in [4.69, 9.17) is 5.11 Å². The van der Waals surface area contributed by atoms with Crippen molar-refractivity contribution in [3.8, 4) is 0 Å². The van der Waals surface area contributed by atoms with Gasteiger partial charge in [0.2, 0.25) is 0 Å². The van der Waals surface area contributed by atoms with Crippen molar-refractivity contribution in [2.75, 3.05) is 0 Å². The minimum Gasteiger partial charge on any atom is -0.477 e. The molecule has 1 N–H and O–H groups in total. The second-order valence-electron chi connectivity index (χ2n) is 4.08. The van der Waals surface area contributed by atoms with Gasteiger partial charge in [0.1, 0.15) is 5.69 Å². The Kier molecular flexibility index (Phi) is 2.60. The van der Waals surface area contributed by atoms with Gasteiger partial charge in [-0.25, -0.2) is 9.78 Å². The molecule has 0 saturated heterocycles. The van der Waals surface area contributed by atoms with E-state index in [1.165, 1.54) is 6.07 Å². The van der Waals surface area contributed by atoms with E-state index in [0.29, 0.717) is 5.92 Å². The highest BCUT2D eigenvalue weighted by Crippen LogP contribution is 2.23. The molecule has 0 radical (unpaired) electrons. The van der Waals surface area contributed by atoms with Crippen LogP contribution >= 0.6 is 0 Å². The van der Waals surface area contributed by atoms with E-state index >= 15 is 0 Å². The smallest absolute Gasteiger partial charge is 0.354 e. The molecule has 0 aliphatic carbocycles. The van der Waals surface area contributed by atoms with Gasteiger partial charge in [0.05, 0.1) is 5.52 Å². The molecule has 3 heteroatoms. The fourth-order valence-electron chi connectivity index (χ4n) is 1.76. The maximum atomic E-state index is 10.9. The van der Waals surface area contributed by atoms with Crippen LogP contribution in [0.2, 0.25) is 0 Å². The van der Waals surface area contributed by atoms with E-state index in [2.05, 4.69) is 18.8 Å². The first-order chi connectivity index (χ1) is 7.59. The summed E-state index contributed by atoms with van der Waals surface area (Å²) in [4.78, 5) is 15.1. The van der Waals surface area contributed by atoms with Crippen molar-refractivity contribution in [3.63, 3.8) is 0 Å². The minimum absolute atomic E-state index is 0.0978. The van der Waals surface area contributed by atoms with Crippen LogP contribution < -0.4 is 0 Å². The molecule has 82 valence electrons. The van der Waals surface area contributed by atoms with Crippen molar-refractivity contribution in [1.82, 2.24) is 4.98 Å². The first kappa shape index (κ1) is 10.6. The van der Waals surface area contributed by atoms with Crippen LogP contribution in [0.4, 0.5) is 0 Å². The van der Waals surface area contributed by atoms with Crippen molar-refractivity contribution in [1.29, 1.82) is 0 Å². The van der Waals surface area contributed by atoms with Crippen molar-refractivity contribution < 1.29 is 9.90 Å². The van der Waals surface area contributed by atoms with E-state index in [-0.39, 0.29) is 5.69 Å². The summed E-state index contributed by atoms with van der Waals surface area (Å²) in [6.07, 6.45) is 0. The topological polar surface area (TPSA) is 50.2 Å². The molecule has 0 aliphatic rings. The molecule has 1 aromatic carbocycles. The van der Waals surface area contributed by atoms with Crippen LogP contribution in [0.15, 0.2) is 30.3 Å². The second-order valence-corrected chi connectivity index (χ2v) is 4.08. The van der Waals surface area contributed by atoms with Crippen molar-refractivity contribution in [2.45, 2.75) is 19.8 Å². The van der Waals surface area contributed by atoms with Gasteiger partial charge in [-0.05, 0) is 17.5 Å². The molecule has 0 amide bonds. The van der Waals surface area contributed by atoms with Gasteiger partial charge in [0.15, 0.2) is 0 Å². The lowest BCUT2D eigenvalue weighted by molar-refractivity contribution is 0.0691. The molecular formula is C13H13NO2. The zero-order valence-corrected chi connectivity index (χ0v) is 9.27. The van der Waals surface area contributed by atoms with E-state index in [1.807, 2.05) is 18.2 Å². The SMILES string of the molecule is CC(C)c1cccc2ccc(C(=O)O)nc12. The van der Waals surface area contributed by atoms with Gasteiger partial charge in [-0.3, -0.25) is 0 Å². The van der Waals surface area contributed by atoms with Gasteiger partial charge in [0.25, 0.3) is 0 Å². The van der Waals surface area contributed by atoms with Gasteiger partial charge >= 0.3 is 5.97 Å². The molecule has 0 spiro atoms. The van der Waals surface area contributed by atoms with Gasteiger partial charge < -0.3 is 5.11 Å². The van der Waals surface area contributed by atoms with Crippen molar-refractivity contribution in [3.05, 3.63) is 41.6 Å². The number of nitrogens with zero attached hydrogens (tertiary/aromatic N) is 1. The Balaban J connectivity index is 2.73. The third-order valence-electron chi connectivity index (χ3n) is 2.59. The third-order valence-corrected chi connectivity index (χ3v) is 2.59. The molecule has 2 rings (SSSR count). The fourth-order valence-corrected chi connectivity index (χ4v) is 1.76. The molecular weight excluding hydrogens is 202 g/mol. The lowest BCUT2D eigenvalue weighted by Gasteiger charge is -2.09. The summed E-state index contributed by atoms with van der Waals surface area (Å²) < 4.78 is 0. The van der Waals surface area contributed by atoms with Crippen molar-refractivity contribution >= 4 is 16.9 Å². The van der Waals surface area contributed by atoms with Gasteiger partial charge in [-0.15, -0.1) is 0 Å². The summed E-state index contributed by atoms with van der Waals surface area (Å²) in [7, 11) is 0. The molecule has 1 aromatic heterocycles. The molecule has 3 nitrogen and oxygen atoms in total. The molecule has 1 heterocycles.